The lowest BCUT2D eigenvalue weighted by Crippen LogP contribution is -2.26. The van der Waals surface area contributed by atoms with Gasteiger partial charge in [0.2, 0.25) is 10.0 Å². The van der Waals surface area contributed by atoms with Crippen molar-refractivity contribution in [3.05, 3.63) is 65.7 Å². The maximum Gasteiger partial charge on any atom is 0.416 e. The standard InChI is InChI=1S/C15H14F3NO2S/c1-19(22(20,21)14-5-3-2-4-6-14)11-12-7-9-13(10-8-12)15(16,17)18/h2-10H,11H2,1H3. The van der Waals surface area contributed by atoms with Gasteiger partial charge in [0, 0.05) is 13.6 Å². The fourth-order valence-electron chi connectivity index (χ4n) is 1.91. The van der Waals surface area contributed by atoms with E-state index < -0.39 is 21.8 Å². The Labute approximate surface area is 127 Å². The van der Waals surface area contributed by atoms with Crippen LogP contribution in [0.2, 0.25) is 0 Å². The van der Waals surface area contributed by atoms with Crippen LogP contribution in [0.25, 0.3) is 0 Å². The minimum absolute atomic E-state index is 0.00460. The van der Waals surface area contributed by atoms with Crippen LogP contribution in [0.1, 0.15) is 11.1 Å². The van der Waals surface area contributed by atoms with Gasteiger partial charge in [0.15, 0.2) is 0 Å². The fourth-order valence-corrected chi connectivity index (χ4v) is 3.09. The summed E-state index contributed by atoms with van der Waals surface area (Å²) in [6.45, 7) is -0.00460. The number of rotatable bonds is 4. The molecule has 0 spiro atoms. The van der Waals surface area contributed by atoms with Gasteiger partial charge in [0.1, 0.15) is 0 Å². The first-order chi connectivity index (χ1) is 10.2. The summed E-state index contributed by atoms with van der Waals surface area (Å²) in [7, 11) is -2.28. The van der Waals surface area contributed by atoms with Crippen LogP contribution in [0.5, 0.6) is 0 Å². The predicted molar refractivity (Wildman–Crippen MR) is 76.5 cm³/mol. The molecule has 0 saturated carbocycles. The minimum atomic E-state index is -4.40. The van der Waals surface area contributed by atoms with Gasteiger partial charge in [-0.05, 0) is 29.8 Å². The molecule has 0 saturated heterocycles. The number of alkyl halides is 3. The molecule has 0 N–H and O–H groups in total. The quantitative estimate of drug-likeness (QED) is 0.860. The second-order valence-corrected chi connectivity index (χ2v) is 6.81. The largest absolute Gasteiger partial charge is 0.416 e. The van der Waals surface area contributed by atoms with E-state index in [1.165, 1.54) is 31.3 Å². The Balaban J connectivity index is 2.17. The Bertz CT molecular complexity index is 726. The van der Waals surface area contributed by atoms with Crippen molar-refractivity contribution in [3.63, 3.8) is 0 Å². The summed E-state index contributed by atoms with van der Waals surface area (Å²) in [5.74, 6) is 0. The molecule has 0 aliphatic carbocycles. The van der Waals surface area contributed by atoms with Gasteiger partial charge in [0.05, 0.1) is 10.5 Å². The lowest BCUT2D eigenvalue weighted by molar-refractivity contribution is -0.137. The van der Waals surface area contributed by atoms with E-state index in [-0.39, 0.29) is 11.4 Å². The third kappa shape index (κ3) is 3.66. The summed E-state index contributed by atoms with van der Waals surface area (Å²) in [5, 5.41) is 0. The third-order valence-electron chi connectivity index (χ3n) is 3.14. The molecule has 0 unspecified atom stereocenters. The molecule has 2 aromatic carbocycles. The number of sulfonamides is 1. The molecular formula is C15H14F3NO2S. The average Bonchev–Trinajstić information content (AvgIpc) is 2.47. The Morgan fingerprint density at radius 1 is 0.955 bits per heavy atom. The second kappa shape index (κ2) is 6.10. The number of halogens is 3. The van der Waals surface area contributed by atoms with Crippen molar-refractivity contribution in [2.45, 2.75) is 17.6 Å². The highest BCUT2D eigenvalue weighted by atomic mass is 32.2. The molecule has 0 aliphatic heterocycles. The summed E-state index contributed by atoms with van der Waals surface area (Å²) < 4.78 is 63.2. The SMILES string of the molecule is CN(Cc1ccc(C(F)(F)F)cc1)S(=O)(=O)c1ccccc1. The summed E-state index contributed by atoms with van der Waals surface area (Å²) in [6, 6.07) is 12.3. The maximum absolute atomic E-state index is 12.5. The van der Waals surface area contributed by atoms with Crippen LogP contribution >= 0.6 is 0 Å². The molecular weight excluding hydrogens is 315 g/mol. The molecule has 2 aromatic rings. The Morgan fingerprint density at radius 3 is 2.00 bits per heavy atom. The van der Waals surface area contributed by atoms with Crippen LogP contribution < -0.4 is 0 Å². The fraction of sp³-hybridized carbons (Fsp3) is 0.200. The normalized spacial score (nSPS) is 12.6. The van der Waals surface area contributed by atoms with E-state index in [1.54, 1.807) is 18.2 Å². The van der Waals surface area contributed by atoms with Crippen LogP contribution in [0.3, 0.4) is 0 Å². The van der Waals surface area contributed by atoms with E-state index in [0.29, 0.717) is 5.56 Å². The maximum atomic E-state index is 12.5. The molecule has 0 amide bonds. The van der Waals surface area contributed by atoms with E-state index in [4.69, 9.17) is 0 Å². The number of hydrogen-bond acceptors (Lipinski definition) is 2. The van der Waals surface area contributed by atoms with Gasteiger partial charge in [-0.2, -0.15) is 17.5 Å². The van der Waals surface area contributed by atoms with Crippen LogP contribution in [0.4, 0.5) is 13.2 Å². The molecule has 7 heteroatoms. The van der Waals surface area contributed by atoms with Gasteiger partial charge in [0.25, 0.3) is 0 Å². The van der Waals surface area contributed by atoms with E-state index in [0.717, 1.165) is 16.4 Å². The minimum Gasteiger partial charge on any atom is -0.207 e. The summed E-state index contributed by atoms with van der Waals surface area (Å²) >= 11 is 0. The average molecular weight is 329 g/mol. The van der Waals surface area contributed by atoms with Crippen molar-refractivity contribution < 1.29 is 21.6 Å². The Hall–Kier alpha value is -1.86. The molecule has 118 valence electrons. The number of nitrogens with zero attached hydrogens (tertiary/aromatic N) is 1. The van der Waals surface area contributed by atoms with Crippen LogP contribution in [-0.2, 0) is 22.7 Å². The van der Waals surface area contributed by atoms with Crippen LogP contribution in [0, 0.1) is 0 Å². The summed E-state index contributed by atoms with van der Waals surface area (Å²) in [4.78, 5) is 0.143. The number of hydrogen-bond donors (Lipinski definition) is 0. The van der Waals surface area contributed by atoms with E-state index in [1.807, 2.05) is 0 Å². The second-order valence-electron chi connectivity index (χ2n) is 4.77. The van der Waals surface area contributed by atoms with Crippen molar-refractivity contribution in [2.75, 3.05) is 7.05 Å². The number of benzene rings is 2. The van der Waals surface area contributed by atoms with Gasteiger partial charge in [-0.25, -0.2) is 8.42 Å². The first kappa shape index (κ1) is 16.5. The molecule has 0 fully saturated rings. The van der Waals surface area contributed by atoms with Crippen molar-refractivity contribution in [2.24, 2.45) is 0 Å². The van der Waals surface area contributed by atoms with Crippen molar-refractivity contribution in [1.29, 1.82) is 0 Å². The zero-order valence-corrected chi connectivity index (χ0v) is 12.5. The highest BCUT2D eigenvalue weighted by Crippen LogP contribution is 2.29. The molecule has 22 heavy (non-hydrogen) atoms. The van der Waals surface area contributed by atoms with Crippen molar-refractivity contribution in [1.82, 2.24) is 4.31 Å². The zero-order valence-electron chi connectivity index (χ0n) is 11.7. The smallest absolute Gasteiger partial charge is 0.207 e. The van der Waals surface area contributed by atoms with Gasteiger partial charge >= 0.3 is 6.18 Å². The first-order valence-corrected chi connectivity index (χ1v) is 7.83. The van der Waals surface area contributed by atoms with Crippen molar-refractivity contribution in [3.8, 4) is 0 Å². The third-order valence-corrected chi connectivity index (χ3v) is 4.96. The van der Waals surface area contributed by atoms with Crippen molar-refractivity contribution >= 4 is 10.0 Å². The molecule has 2 rings (SSSR count). The highest BCUT2D eigenvalue weighted by molar-refractivity contribution is 7.89. The van der Waals surface area contributed by atoms with Gasteiger partial charge in [-0.3, -0.25) is 0 Å². The molecule has 0 radical (unpaired) electrons. The van der Waals surface area contributed by atoms with Crippen LogP contribution in [-0.4, -0.2) is 19.8 Å². The molecule has 3 nitrogen and oxygen atoms in total. The summed E-state index contributed by atoms with van der Waals surface area (Å²) in [5.41, 5.74) is -0.278. The molecule has 0 aliphatic rings. The lowest BCUT2D eigenvalue weighted by atomic mass is 10.1. The van der Waals surface area contributed by atoms with Gasteiger partial charge in [-0.15, -0.1) is 0 Å². The van der Waals surface area contributed by atoms with Gasteiger partial charge in [-0.1, -0.05) is 30.3 Å². The predicted octanol–water partition coefficient (Wildman–Crippen LogP) is 3.53. The molecule has 0 bridgehead atoms. The monoisotopic (exact) mass is 329 g/mol. The van der Waals surface area contributed by atoms with E-state index >= 15 is 0 Å². The topological polar surface area (TPSA) is 37.4 Å². The molecule has 0 heterocycles. The molecule has 0 atom stereocenters. The van der Waals surface area contributed by atoms with Gasteiger partial charge < -0.3 is 0 Å². The summed E-state index contributed by atoms with van der Waals surface area (Å²) in [6.07, 6.45) is -4.40. The highest BCUT2D eigenvalue weighted by Gasteiger charge is 2.30. The van der Waals surface area contributed by atoms with E-state index in [9.17, 15) is 21.6 Å². The lowest BCUT2D eigenvalue weighted by Gasteiger charge is -2.17. The van der Waals surface area contributed by atoms with E-state index in [2.05, 4.69) is 0 Å². The first-order valence-electron chi connectivity index (χ1n) is 6.39. The Kier molecular flexibility index (Phi) is 4.58. The molecule has 0 aromatic heterocycles. The zero-order chi connectivity index (χ0) is 16.4. The van der Waals surface area contributed by atoms with Crippen LogP contribution in [0.15, 0.2) is 59.5 Å². The Morgan fingerprint density at radius 2 is 1.50 bits per heavy atom.